The van der Waals surface area contributed by atoms with Gasteiger partial charge in [-0.25, -0.2) is 4.79 Å². The lowest BCUT2D eigenvalue weighted by Crippen LogP contribution is -2.65. The number of halogens is 6. The number of benzene rings is 2. The molecule has 0 N–H and O–H groups in total. The van der Waals surface area contributed by atoms with Crippen molar-refractivity contribution in [1.29, 1.82) is 0 Å². The number of amides is 2. The van der Waals surface area contributed by atoms with Crippen molar-refractivity contribution in [1.82, 2.24) is 19.6 Å². The number of carbonyl (C=O) groups is 3. The predicted molar refractivity (Wildman–Crippen MR) is 179 cm³/mol. The highest BCUT2D eigenvalue weighted by atomic mass is 79.9. The van der Waals surface area contributed by atoms with E-state index in [-0.39, 0.29) is 81.9 Å². The van der Waals surface area contributed by atoms with Crippen LogP contribution >= 0.6 is 15.9 Å². The normalized spacial score (nSPS) is 19.2. The molecule has 1 aliphatic carbocycles. The largest absolute Gasteiger partial charge is 0.456 e. The van der Waals surface area contributed by atoms with Crippen LogP contribution in [0.15, 0.2) is 59.3 Å². The molecule has 2 aromatic carbocycles. The van der Waals surface area contributed by atoms with Gasteiger partial charge < -0.3 is 24.0 Å². The van der Waals surface area contributed by atoms with E-state index in [4.69, 9.17) is 9.47 Å². The van der Waals surface area contributed by atoms with Gasteiger partial charge in [-0.2, -0.15) is 27.1 Å². The lowest BCUT2D eigenvalue weighted by molar-refractivity contribution is -0.205. The van der Waals surface area contributed by atoms with E-state index in [9.17, 15) is 36.3 Å². The van der Waals surface area contributed by atoms with Crippen molar-refractivity contribution in [3.63, 3.8) is 0 Å². The van der Waals surface area contributed by atoms with E-state index in [2.05, 4.69) is 25.8 Å². The number of carbonyl (C=O) groups excluding carboxylic acids is 3. The van der Waals surface area contributed by atoms with Gasteiger partial charge in [0, 0.05) is 49.3 Å². The fourth-order valence-electron chi connectivity index (χ4n) is 6.99. The molecule has 1 saturated carbocycles. The average Bonchev–Trinajstić information content (AvgIpc) is 3.61. The Morgan fingerprint density at radius 3 is 2.31 bits per heavy atom. The number of alkyl halides is 5. The molecule has 10 nitrogen and oxygen atoms in total. The van der Waals surface area contributed by atoms with Gasteiger partial charge >= 0.3 is 18.8 Å². The third-order valence-corrected chi connectivity index (χ3v) is 10.4. The molecular formula is C36H38BrF5N4O6. The van der Waals surface area contributed by atoms with Gasteiger partial charge in [0.2, 0.25) is 5.91 Å². The fraction of sp³-hybridized carbons (Fsp3) is 0.500. The molecular weight excluding hydrogens is 759 g/mol. The number of esters is 1. The van der Waals surface area contributed by atoms with Gasteiger partial charge in [-0.1, -0.05) is 30.3 Å². The molecule has 280 valence electrons. The van der Waals surface area contributed by atoms with Gasteiger partial charge in [-0.3, -0.25) is 14.3 Å². The number of hydrogen-bond donors (Lipinski definition) is 0. The van der Waals surface area contributed by atoms with Crippen molar-refractivity contribution < 1.29 is 50.5 Å². The monoisotopic (exact) mass is 796 g/mol. The second kappa shape index (κ2) is 14.1. The van der Waals surface area contributed by atoms with E-state index in [1.54, 1.807) is 74.3 Å². The van der Waals surface area contributed by atoms with Gasteiger partial charge in [-0.05, 0) is 67.2 Å². The molecule has 2 saturated heterocycles. The molecule has 1 aromatic heterocycles. The van der Waals surface area contributed by atoms with Crippen LogP contribution in [0, 0.1) is 16.7 Å². The molecule has 3 aromatic rings. The molecule has 3 heterocycles. The number of para-hydroxylation sites is 1. The van der Waals surface area contributed by atoms with Crippen LogP contribution in [0.2, 0.25) is 0 Å². The maximum atomic E-state index is 13.8. The SMILES string of the molecule is CC(C)(C)OC(=O)c1ccccc1Cn1cc(C(=O)N2CC(COCc3cccc(Br)c3OC(F)F)C3(C2)CN(C(=O)C2(C(F)(F)F)CC2)C3)cn1. The minimum absolute atomic E-state index is 0.0127. The first kappa shape index (κ1) is 37.7. The summed E-state index contributed by atoms with van der Waals surface area (Å²) in [4.78, 5) is 42.5. The number of aromatic nitrogens is 2. The second-order valence-corrected chi connectivity index (χ2v) is 15.5. The Morgan fingerprint density at radius 1 is 0.981 bits per heavy atom. The molecule has 16 heteroatoms. The molecule has 1 unspecified atom stereocenters. The van der Waals surface area contributed by atoms with Crippen molar-refractivity contribution in [2.75, 3.05) is 32.8 Å². The van der Waals surface area contributed by atoms with E-state index >= 15 is 0 Å². The minimum Gasteiger partial charge on any atom is -0.456 e. The number of likely N-dealkylation sites (tertiary alicyclic amines) is 2. The van der Waals surface area contributed by atoms with Crippen molar-refractivity contribution >= 4 is 33.7 Å². The van der Waals surface area contributed by atoms with Crippen LogP contribution in [0.3, 0.4) is 0 Å². The van der Waals surface area contributed by atoms with Crippen LogP contribution in [0.1, 0.15) is 65.5 Å². The maximum Gasteiger partial charge on any atom is 0.403 e. The average molecular weight is 798 g/mol. The first-order chi connectivity index (χ1) is 24.4. The van der Waals surface area contributed by atoms with Gasteiger partial charge in [0.15, 0.2) is 0 Å². The lowest BCUT2D eigenvalue weighted by Gasteiger charge is -2.51. The summed E-state index contributed by atoms with van der Waals surface area (Å²) < 4.78 is 85.6. The Morgan fingerprint density at radius 2 is 1.65 bits per heavy atom. The highest BCUT2D eigenvalue weighted by Gasteiger charge is 2.71. The van der Waals surface area contributed by atoms with Gasteiger partial charge in [0.1, 0.15) is 16.8 Å². The Hall–Kier alpha value is -4.05. The van der Waals surface area contributed by atoms with Crippen LogP contribution in [0.25, 0.3) is 0 Å². The summed E-state index contributed by atoms with van der Waals surface area (Å²) in [6.45, 7) is 2.71. The van der Waals surface area contributed by atoms with Crippen molar-refractivity contribution in [3.8, 4) is 5.75 Å². The molecule has 1 spiro atoms. The van der Waals surface area contributed by atoms with Crippen LogP contribution in [-0.4, -0.2) is 88.5 Å². The van der Waals surface area contributed by atoms with Gasteiger partial charge in [-0.15, -0.1) is 0 Å². The summed E-state index contributed by atoms with van der Waals surface area (Å²) >= 11 is 3.21. The van der Waals surface area contributed by atoms with E-state index in [1.165, 1.54) is 15.8 Å². The first-order valence-corrected chi connectivity index (χ1v) is 17.5. The van der Waals surface area contributed by atoms with E-state index in [0.29, 0.717) is 21.2 Å². The zero-order chi connectivity index (χ0) is 37.6. The zero-order valence-corrected chi connectivity index (χ0v) is 30.3. The number of ether oxygens (including phenoxy) is 3. The summed E-state index contributed by atoms with van der Waals surface area (Å²) in [6.07, 6.45) is -2.19. The van der Waals surface area contributed by atoms with E-state index in [0.717, 1.165) is 0 Å². The Kier molecular flexibility index (Phi) is 10.2. The number of hydrogen-bond acceptors (Lipinski definition) is 7. The van der Waals surface area contributed by atoms with Crippen molar-refractivity contribution in [3.05, 3.63) is 81.6 Å². The Balaban J connectivity index is 1.17. The Bertz CT molecular complexity index is 1830. The summed E-state index contributed by atoms with van der Waals surface area (Å²) in [6, 6.07) is 11.7. The first-order valence-electron chi connectivity index (χ1n) is 16.7. The lowest BCUT2D eigenvalue weighted by atomic mass is 9.71. The fourth-order valence-corrected chi connectivity index (χ4v) is 7.49. The minimum atomic E-state index is -4.65. The summed E-state index contributed by atoms with van der Waals surface area (Å²) in [5, 5.41) is 4.34. The van der Waals surface area contributed by atoms with Crippen LogP contribution < -0.4 is 4.74 Å². The summed E-state index contributed by atoms with van der Waals surface area (Å²) in [5.41, 5.74) is -2.18. The van der Waals surface area contributed by atoms with Crippen LogP contribution in [0.4, 0.5) is 22.0 Å². The molecule has 0 bridgehead atoms. The topological polar surface area (TPSA) is 103 Å². The predicted octanol–water partition coefficient (Wildman–Crippen LogP) is 6.71. The molecule has 1 atom stereocenters. The van der Waals surface area contributed by atoms with Crippen LogP contribution in [-0.2, 0) is 27.4 Å². The Labute approximate surface area is 305 Å². The number of nitrogens with zero attached hydrogens (tertiary/aromatic N) is 4. The standard InChI is InChI=1S/C36H38BrF5N4O6/c1-33(2,3)52-30(48)26-9-5-4-7-22(26)14-46-15-24(13-43-46)29(47)44-16-25(18-50-17-23-8-6-10-27(37)28(23)51-32(38)39)34(19-44)20-45(21-34)31(49)35(11-12-35)36(40,41)42/h4-10,13,15,25,32H,11-12,14,16-21H2,1-3H3. The molecule has 52 heavy (non-hydrogen) atoms. The van der Waals surface area contributed by atoms with E-state index in [1.807, 2.05) is 0 Å². The van der Waals surface area contributed by atoms with Gasteiger partial charge in [0.25, 0.3) is 5.91 Å². The van der Waals surface area contributed by atoms with Gasteiger partial charge in [0.05, 0.1) is 41.6 Å². The van der Waals surface area contributed by atoms with E-state index < -0.39 is 41.1 Å². The van der Waals surface area contributed by atoms with Crippen molar-refractivity contribution in [2.45, 2.75) is 65.2 Å². The highest BCUT2D eigenvalue weighted by molar-refractivity contribution is 9.10. The zero-order valence-electron chi connectivity index (χ0n) is 28.7. The molecule has 6 rings (SSSR count). The third-order valence-electron chi connectivity index (χ3n) is 9.78. The number of rotatable bonds is 11. The third kappa shape index (κ3) is 7.68. The molecule has 2 amide bonds. The second-order valence-electron chi connectivity index (χ2n) is 14.7. The summed E-state index contributed by atoms with van der Waals surface area (Å²) in [5.74, 6) is -2.28. The highest BCUT2D eigenvalue weighted by Crippen LogP contribution is 2.60. The molecule has 2 aliphatic heterocycles. The van der Waals surface area contributed by atoms with Crippen LogP contribution in [0.5, 0.6) is 5.75 Å². The summed E-state index contributed by atoms with van der Waals surface area (Å²) in [7, 11) is 0. The quantitative estimate of drug-likeness (QED) is 0.157. The smallest absolute Gasteiger partial charge is 0.403 e. The molecule has 3 aliphatic rings. The molecule has 3 fully saturated rings. The molecule has 0 radical (unpaired) electrons. The van der Waals surface area contributed by atoms with Crippen molar-refractivity contribution in [2.24, 2.45) is 16.7 Å². The maximum absolute atomic E-state index is 13.8.